The topological polar surface area (TPSA) is 25.4 Å². The van der Waals surface area contributed by atoms with Crippen molar-refractivity contribution >= 4 is 22.9 Å². The molecule has 0 bridgehead atoms. The van der Waals surface area contributed by atoms with Crippen LogP contribution in [0.5, 0.6) is 0 Å². The van der Waals surface area contributed by atoms with Gasteiger partial charge in [0.15, 0.2) is 0 Å². The van der Waals surface area contributed by atoms with E-state index in [1.807, 2.05) is 6.20 Å². The maximum Gasteiger partial charge on any atom is 0.123 e. The number of nitrogens with zero attached hydrogens (tertiary/aromatic N) is 2. The predicted octanol–water partition coefficient (Wildman–Crippen LogP) is 2.42. The van der Waals surface area contributed by atoms with E-state index < -0.39 is 0 Å². The van der Waals surface area contributed by atoms with Crippen LogP contribution in [0.25, 0.3) is 0 Å². The summed E-state index contributed by atoms with van der Waals surface area (Å²) in [7, 11) is 0. The van der Waals surface area contributed by atoms with E-state index >= 15 is 0 Å². The van der Waals surface area contributed by atoms with Gasteiger partial charge in [-0.1, -0.05) is 0 Å². The Hall–Kier alpha value is -0.160. The molecular formula is C11H15ClN2OS. The van der Waals surface area contributed by atoms with Gasteiger partial charge >= 0.3 is 0 Å². The first kappa shape index (κ1) is 11.0. The molecule has 2 saturated heterocycles. The first-order valence-electron chi connectivity index (χ1n) is 5.73. The number of alkyl halides is 1. The summed E-state index contributed by atoms with van der Waals surface area (Å²) in [5, 5.41) is 1.08. The number of thiazole rings is 1. The van der Waals surface area contributed by atoms with Crippen molar-refractivity contribution in [2.75, 3.05) is 19.7 Å². The Balaban J connectivity index is 1.71. The lowest BCUT2D eigenvalue weighted by Gasteiger charge is -2.34. The zero-order valence-corrected chi connectivity index (χ0v) is 10.6. The molecule has 0 amide bonds. The maximum atomic E-state index is 5.90. The average molecular weight is 259 g/mol. The van der Waals surface area contributed by atoms with Gasteiger partial charge in [0.2, 0.25) is 0 Å². The molecule has 0 N–H and O–H groups in total. The molecule has 1 aromatic heterocycles. The molecule has 3 rings (SSSR count). The Morgan fingerprint density at radius 2 is 2.56 bits per heavy atom. The molecule has 0 aliphatic carbocycles. The van der Waals surface area contributed by atoms with Gasteiger partial charge < -0.3 is 4.74 Å². The Bertz CT molecular complexity index is 371. The van der Waals surface area contributed by atoms with Crippen LogP contribution in [0.3, 0.4) is 0 Å². The van der Waals surface area contributed by atoms with E-state index in [4.69, 9.17) is 16.3 Å². The molecule has 2 aliphatic heterocycles. The number of rotatable bonds is 2. The predicted molar refractivity (Wildman–Crippen MR) is 65.0 cm³/mol. The summed E-state index contributed by atoms with van der Waals surface area (Å²) < 4.78 is 5.90. The zero-order chi connectivity index (χ0) is 11.0. The second kappa shape index (κ2) is 4.61. The van der Waals surface area contributed by atoms with E-state index in [1.165, 1.54) is 19.4 Å². The van der Waals surface area contributed by atoms with E-state index in [0.717, 1.165) is 23.0 Å². The van der Waals surface area contributed by atoms with Crippen LogP contribution in [-0.4, -0.2) is 35.6 Å². The summed E-state index contributed by atoms with van der Waals surface area (Å²) in [6.07, 6.45) is 4.63. The summed E-state index contributed by atoms with van der Waals surface area (Å²) in [6.45, 7) is 3.08. The second-order valence-electron chi connectivity index (χ2n) is 4.41. The van der Waals surface area contributed by atoms with Gasteiger partial charge in [0.1, 0.15) is 11.1 Å². The number of aromatic nitrogens is 1. The van der Waals surface area contributed by atoms with Gasteiger partial charge in [0.25, 0.3) is 0 Å². The van der Waals surface area contributed by atoms with Crippen molar-refractivity contribution in [2.24, 2.45) is 0 Å². The summed E-state index contributed by atoms with van der Waals surface area (Å²) in [5.74, 6) is 0.552. The van der Waals surface area contributed by atoms with Crippen molar-refractivity contribution in [1.82, 2.24) is 9.88 Å². The van der Waals surface area contributed by atoms with E-state index in [2.05, 4.69) is 9.88 Å². The van der Waals surface area contributed by atoms with E-state index in [0.29, 0.717) is 11.9 Å². The average Bonchev–Trinajstić information content (AvgIpc) is 2.96. The normalized spacial score (nSPS) is 30.6. The van der Waals surface area contributed by atoms with Gasteiger partial charge in [-0.3, -0.25) is 4.90 Å². The monoisotopic (exact) mass is 258 g/mol. The van der Waals surface area contributed by atoms with Gasteiger partial charge in [0, 0.05) is 23.7 Å². The Labute approximate surface area is 104 Å². The summed E-state index contributed by atoms with van der Waals surface area (Å²) in [4.78, 5) is 8.07. The van der Waals surface area contributed by atoms with Crippen LogP contribution in [0.4, 0.5) is 0 Å². The van der Waals surface area contributed by atoms with Gasteiger partial charge in [0.05, 0.1) is 12.5 Å². The highest BCUT2D eigenvalue weighted by Gasteiger charge is 2.33. The fourth-order valence-corrected chi connectivity index (χ4v) is 3.54. The van der Waals surface area contributed by atoms with Gasteiger partial charge in [-0.05, 0) is 19.4 Å². The number of halogens is 1. The summed E-state index contributed by atoms with van der Waals surface area (Å²) in [6, 6.07) is 0.656. The third-order valence-corrected chi connectivity index (χ3v) is 4.90. The highest BCUT2D eigenvalue weighted by Crippen LogP contribution is 2.32. The number of fused-ring (bicyclic) bond motifs is 1. The molecule has 0 radical (unpaired) electrons. The first-order valence-corrected chi connectivity index (χ1v) is 7.08. The summed E-state index contributed by atoms with van der Waals surface area (Å²) in [5.41, 5.74) is 0. The van der Waals surface area contributed by atoms with Crippen LogP contribution in [0.15, 0.2) is 6.20 Å². The van der Waals surface area contributed by atoms with Crippen LogP contribution in [0, 0.1) is 0 Å². The van der Waals surface area contributed by atoms with Crippen molar-refractivity contribution in [3.05, 3.63) is 16.1 Å². The highest BCUT2D eigenvalue weighted by atomic mass is 35.5. The molecule has 3 nitrogen and oxygen atoms in total. The lowest BCUT2D eigenvalue weighted by molar-refractivity contribution is -0.0502. The smallest absolute Gasteiger partial charge is 0.123 e. The first-order chi connectivity index (χ1) is 7.86. The minimum Gasteiger partial charge on any atom is -0.368 e. The molecule has 2 unspecified atom stereocenters. The highest BCUT2D eigenvalue weighted by molar-refractivity contribution is 7.11. The van der Waals surface area contributed by atoms with Crippen molar-refractivity contribution in [3.63, 3.8) is 0 Å². The lowest BCUT2D eigenvalue weighted by atomic mass is 10.2. The zero-order valence-electron chi connectivity index (χ0n) is 9.06. The largest absolute Gasteiger partial charge is 0.368 e. The van der Waals surface area contributed by atoms with Crippen LogP contribution in [-0.2, 0) is 10.6 Å². The van der Waals surface area contributed by atoms with Gasteiger partial charge in [-0.25, -0.2) is 4.98 Å². The third-order valence-electron chi connectivity index (χ3n) is 3.37. The molecule has 0 spiro atoms. The third kappa shape index (κ3) is 1.99. The fraction of sp³-hybridized carbons (Fsp3) is 0.727. The fourth-order valence-electron chi connectivity index (χ4n) is 2.50. The number of hydrogen-bond acceptors (Lipinski definition) is 4. The minimum atomic E-state index is 0.163. The number of hydrogen-bond donors (Lipinski definition) is 0. The molecule has 0 saturated carbocycles. The van der Waals surface area contributed by atoms with Crippen molar-refractivity contribution < 1.29 is 4.74 Å². The Morgan fingerprint density at radius 1 is 1.62 bits per heavy atom. The van der Waals surface area contributed by atoms with Crippen molar-refractivity contribution in [1.29, 1.82) is 0 Å². The van der Waals surface area contributed by atoms with E-state index in [1.54, 1.807) is 11.3 Å². The SMILES string of the molecule is ClCc1cnc(C2CN3CCCC3CO2)s1. The van der Waals surface area contributed by atoms with E-state index in [-0.39, 0.29) is 6.10 Å². The standard InChI is InChI=1S/C11H15ClN2OS/c12-4-9-5-13-11(16-9)10-6-14-3-1-2-8(14)7-15-10/h5,8,10H,1-4,6-7H2. The molecule has 3 heterocycles. The molecule has 1 aromatic rings. The van der Waals surface area contributed by atoms with E-state index in [9.17, 15) is 0 Å². The van der Waals surface area contributed by atoms with Gasteiger partial charge in [-0.2, -0.15) is 0 Å². The van der Waals surface area contributed by atoms with Crippen LogP contribution in [0.1, 0.15) is 28.8 Å². The lowest BCUT2D eigenvalue weighted by Crippen LogP contribution is -2.42. The Morgan fingerprint density at radius 3 is 3.38 bits per heavy atom. The molecular weight excluding hydrogens is 244 g/mol. The quantitative estimate of drug-likeness (QED) is 0.762. The molecule has 2 aliphatic rings. The molecule has 2 atom stereocenters. The second-order valence-corrected chi connectivity index (χ2v) is 5.83. The van der Waals surface area contributed by atoms with Crippen LogP contribution < -0.4 is 0 Å². The molecule has 2 fully saturated rings. The Kier molecular flexibility index (Phi) is 3.16. The number of ether oxygens (including phenoxy) is 1. The van der Waals surface area contributed by atoms with Gasteiger partial charge in [-0.15, -0.1) is 22.9 Å². The summed E-state index contributed by atoms with van der Waals surface area (Å²) >= 11 is 7.47. The van der Waals surface area contributed by atoms with Crippen LogP contribution in [0.2, 0.25) is 0 Å². The molecule has 16 heavy (non-hydrogen) atoms. The number of morpholine rings is 1. The van der Waals surface area contributed by atoms with Crippen molar-refractivity contribution in [3.8, 4) is 0 Å². The molecule has 88 valence electrons. The minimum absolute atomic E-state index is 0.163. The van der Waals surface area contributed by atoms with Crippen molar-refractivity contribution in [2.45, 2.75) is 30.9 Å². The molecule has 5 heteroatoms. The molecule has 0 aromatic carbocycles. The maximum absolute atomic E-state index is 5.90. The van der Waals surface area contributed by atoms with Crippen LogP contribution >= 0.6 is 22.9 Å².